The molecule has 11 heteroatoms. The number of hydrogen-bond donors (Lipinski definition) is 3. The van der Waals surface area contributed by atoms with Crippen LogP contribution in [0.15, 0.2) is 0 Å². The molecule has 4 aliphatic heterocycles. The van der Waals surface area contributed by atoms with Crippen molar-refractivity contribution in [3.8, 4) is 0 Å². The van der Waals surface area contributed by atoms with Crippen LogP contribution < -0.4 is 0 Å². The van der Waals surface area contributed by atoms with E-state index in [2.05, 4.69) is 0 Å². The summed E-state index contributed by atoms with van der Waals surface area (Å²) >= 11 is 0. The molecule has 0 radical (unpaired) electrons. The van der Waals surface area contributed by atoms with Gasteiger partial charge in [0.2, 0.25) is 11.9 Å². The average Bonchev–Trinajstić information content (AvgIpc) is 3.35. The van der Waals surface area contributed by atoms with Crippen LogP contribution in [0.2, 0.25) is 0 Å². The number of aliphatic hydroxyl groups is 3. The van der Waals surface area contributed by atoms with Gasteiger partial charge in [0.25, 0.3) is 0 Å². The third-order valence-electron chi connectivity index (χ3n) is 8.91. The molecule has 31 heavy (non-hydrogen) atoms. The van der Waals surface area contributed by atoms with Crippen molar-refractivity contribution in [2.75, 3.05) is 0 Å². The Bertz CT molecular complexity index is 962. The fraction of sp³-hybridized carbons (Fsp3) is 0.850. The lowest BCUT2D eigenvalue weighted by molar-refractivity contribution is -0.240. The molecule has 10 nitrogen and oxygen atoms in total. The average molecular weight is 441 g/mol. The van der Waals surface area contributed by atoms with E-state index in [-0.39, 0.29) is 0 Å². The highest BCUT2D eigenvalue weighted by Crippen LogP contribution is 2.84. The van der Waals surface area contributed by atoms with Crippen molar-refractivity contribution in [3.05, 3.63) is 0 Å². The molecule has 2 saturated carbocycles. The van der Waals surface area contributed by atoms with Gasteiger partial charge in [-0.1, -0.05) is 20.8 Å². The lowest BCUT2D eigenvalue weighted by Gasteiger charge is -2.47. The maximum absolute atomic E-state index is 16.2. The number of carbonyl (C=O) groups is 3. The van der Waals surface area contributed by atoms with Gasteiger partial charge in [-0.25, -0.2) is 14.0 Å². The first-order valence-corrected chi connectivity index (χ1v) is 10.3. The SMILES string of the molecule is C[C@@H]1C(=O)O[C@H]2[C@H](O)C34C5OC(=O)[C@@]3(OC3OC(=O)C(O)C34[C@H](C(C)(C)C)[C@@H]5[18F])[C@@]12O. The second-order valence-electron chi connectivity index (χ2n) is 10.7. The van der Waals surface area contributed by atoms with E-state index < -0.39 is 94.1 Å². The monoisotopic (exact) mass is 441 g/mol. The van der Waals surface area contributed by atoms with E-state index in [0.29, 0.717) is 0 Å². The van der Waals surface area contributed by atoms with E-state index in [9.17, 15) is 29.7 Å². The number of rotatable bonds is 0. The molecule has 3 N–H and O–H groups in total. The van der Waals surface area contributed by atoms with Crippen molar-refractivity contribution < 1.29 is 53.0 Å². The molecular formula is C20H23FO10. The van der Waals surface area contributed by atoms with E-state index in [1.54, 1.807) is 20.8 Å². The van der Waals surface area contributed by atoms with Gasteiger partial charge in [-0.05, 0) is 12.3 Å². The highest BCUT2D eigenvalue weighted by molar-refractivity contribution is 5.94. The van der Waals surface area contributed by atoms with E-state index in [1.807, 2.05) is 0 Å². The Morgan fingerprint density at radius 2 is 1.65 bits per heavy atom. The minimum atomic E-state index is -2.48. The largest absolute Gasteiger partial charge is 0.456 e. The Balaban J connectivity index is 1.75. The Labute approximate surface area is 175 Å². The summed E-state index contributed by atoms with van der Waals surface area (Å²) in [5.41, 5.74) is -9.91. The minimum Gasteiger partial charge on any atom is -0.456 e. The zero-order valence-electron chi connectivity index (χ0n) is 17.2. The van der Waals surface area contributed by atoms with Crippen LogP contribution in [-0.4, -0.2) is 81.3 Å². The van der Waals surface area contributed by atoms with Crippen molar-refractivity contribution in [2.24, 2.45) is 28.1 Å². The van der Waals surface area contributed by atoms with Crippen molar-refractivity contribution in [1.29, 1.82) is 0 Å². The predicted molar refractivity (Wildman–Crippen MR) is 92.3 cm³/mol. The van der Waals surface area contributed by atoms with Gasteiger partial charge < -0.3 is 34.3 Å². The Kier molecular flexibility index (Phi) is 3.14. The smallest absolute Gasteiger partial charge is 0.343 e. The maximum atomic E-state index is 16.2. The molecule has 12 atom stereocenters. The maximum Gasteiger partial charge on any atom is 0.343 e. The lowest BCUT2D eigenvalue weighted by Crippen LogP contribution is -2.67. The molecule has 0 aromatic rings. The van der Waals surface area contributed by atoms with Crippen molar-refractivity contribution in [1.82, 2.24) is 0 Å². The van der Waals surface area contributed by atoms with Crippen LogP contribution in [0.4, 0.5) is 4.39 Å². The summed E-state index contributed by atoms with van der Waals surface area (Å²) in [7, 11) is 0. The van der Waals surface area contributed by atoms with E-state index in [4.69, 9.17) is 18.9 Å². The number of aliphatic hydroxyl groups excluding tert-OH is 2. The van der Waals surface area contributed by atoms with Crippen LogP contribution in [0.1, 0.15) is 27.7 Å². The zero-order chi connectivity index (χ0) is 22.7. The number of ether oxygens (including phenoxy) is 4. The lowest BCUT2D eigenvalue weighted by atomic mass is 9.51. The Hall–Kier alpha value is -1.82. The molecule has 5 unspecified atom stereocenters. The number of esters is 3. The molecule has 0 bridgehead atoms. The van der Waals surface area contributed by atoms with Crippen LogP contribution >= 0.6 is 0 Å². The molecule has 0 aromatic heterocycles. The van der Waals surface area contributed by atoms with Crippen molar-refractivity contribution in [3.63, 3.8) is 0 Å². The normalized spacial score (nSPS) is 61.0. The molecule has 4 heterocycles. The van der Waals surface area contributed by atoms with Crippen LogP contribution in [0.5, 0.6) is 0 Å². The first-order valence-electron chi connectivity index (χ1n) is 10.3. The Morgan fingerprint density at radius 3 is 2.26 bits per heavy atom. The number of fused-ring (bicyclic) bond motifs is 1. The summed E-state index contributed by atoms with van der Waals surface area (Å²) in [6.07, 6.45) is -10.7. The highest BCUT2D eigenvalue weighted by atomic mass is 18.2. The van der Waals surface area contributed by atoms with E-state index >= 15 is 4.39 Å². The zero-order valence-corrected chi connectivity index (χ0v) is 17.2. The second kappa shape index (κ2) is 4.90. The third-order valence-corrected chi connectivity index (χ3v) is 8.91. The number of alkyl halides is 1. The van der Waals surface area contributed by atoms with Crippen LogP contribution in [0, 0.1) is 28.1 Å². The van der Waals surface area contributed by atoms with Gasteiger partial charge in [0.05, 0.1) is 16.7 Å². The predicted octanol–water partition coefficient (Wildman–Crippen LogP) is -1.42. The summed E-state index contributed by atoms with van der Waals surface area (Å²) in [6.45, 7) is 6.36. The van der Waals surface area contributed by atoms with Crippen molar-refractivity contribution in [2.45, 2.75) is 75.8 Å². The van der Waals surface area contributed by atoms with Gasteiger partial charge in [0.15, 0.2) is 17.8 Å². The van der Waals surface area contributed by atoms with Gasteiger partial charge in [0, 0.05) is 5.92 Å². The molecule has 6 fully saturated rings. The first-order chi connectivity index (χ1) is 14.3. The highest BCUT2D eigenvalue weighted by Gasteiger charge is 3.05. The van der Waals surface area contributed by atoms with Crippen LogP contribution in [0.25, 0.3) is 0 Å². The number of hydrogen-bond acceptors (Lipinski definition) is 10. The molecule has 170 valence electrons. The quantitative estimate of drug-likeness (QED) is 0.302. The van der Waals surface area contributed by atoms with E-state index in [0.717, 1.165) is 0 Å². The molecule has 6 aliphatic rings. The standard InChI is InChI=1S/C20H23FO10/c1-5-12(24)28-11-8(22)18-10-6(21)7(16(2,3)4)17(18)9(23)13(25)30-15(17)31-20(18,14(26)29-10)19(5,11)27/h5-11,15,22-23,27H,1-4H3/t5-,6+,7+,8+,9?,10?,11+,15?,17?,18?,19-,20+/m1/s1/i21-1. The summed E-state index contributed by atoms with van der Waals surface area (Å²) < 4.78 is 38.1. The fourth-order valence-corrected chi connectivity index (χ4v) is 8.19. The van der Waals surface area contributed by atoms with Crippen LogP contribution in [0.3, 0.4) is 0 Å². The number of carbonyl (C=O) groups excluding carboxylic acids is 3. The topological polar surface area (TPSA) is 149 Å². The van der Waals surface area contributed by atoms with E-state index in [1.165, 1.54) is 6.92 Å². The van der Waals surface area contributed by atoms with Gasteiger partial charge in [0.1, 0.15) is 18.4 Å². The van der Waals surface area contributed by atoms with Gasteiger partial charge in [-0.2, -0.15) is 0 Å². The van der Waals surface area contributed by atoms with Crippen molar-refractivity contribution >= 4 is 17.9 Å². The minimum absolute atomic E-state index is 0.874. The summed E-state index contributed by atoms with van der Waals surface area (Å²) in [4.78, 5) is 38.2. The van der Waals surface area contributed by atoms with Crippen LogP contribution in [-0.2, 0) is 33.3 Å². The molecule has 0 aromatic carbocycles. The summed E-state index contributed by atoms with van der Waals surface area (Å²) in [6, 6.07) is 0. The molecule has 2 spiro atoms. The second-order valence-corrected chi connectivity index (χ2v) is 10.7. The number of halogens is 1. The van der Waals surface area contributed by atoms with Gasteiger partial charge >= 0.3 is 17.9 Å². The summed E-state index contributed by atoms with van der Waals surface area (Å²) in [5.74, 6) is -5.65. The first kappa shape index (κ1) is 19.8. The molecule has 4 saturated heterocycles. The summed E-state index contributed by atoms with van der Waals surface area (Å²) in [5, 5.41) is 34.5. The van der Waals surface area contributed by atoms with Gasteiger partial charge in [-0.15, -0.1) is 0 Å². The molecule has 6 rings (SSSR count). The Morgan fingerprint density at radius 1 is 1.00 bits per heavy atom. The fourth-order valence-electron chi connectivity index (χ4n) is 8.19. The third kappa shape index (κ3) is 1.43. The molecular weight excluding hydrogens is 418 g/mol. The molecule has 2 aliphatic carbocycles. The van der Waals surface area contributed by atoms with Gasteiger partial charge in [-0.3, -0.25) is 4.79 Å². The molecule has 0 amide bonds.